The molecule has 1 aromatic carbocycles. The van der Waals surface area contributed by atoms with Crippen LogP contribution in [-0.4, -0.2) is 24.8 Å². The highest BCUT2D eigenvalue weighted by atomic mass is 32.2. The molecule has 21 heavy (non-hydrogen) atoms. The van der Waals surface area contributed by atoms with Crippen molar-refractivity contribution in [3.63, 3.8) is 0 Å². The smallest absolute Gasteiger partial charge is 0.244 e. The van der Waals surface area contributed by atoms with Gasteiger partial charge in [-0.05, 0) is 30.2 Å². The molecule has 1 aliphatic rings. The van der Waals surface area contributed by atoms with E-state index < -0.39 is 10.0 Å². The topological polar surface area (TPSA) is 59.5 Å². The molecule has 0 saturated carbocycles. The number of fused-ring (bicyclic) bond motifs is 1. The molecular weight excluding hydrogens is 288 g/mol. The number of benzene rings is 1. The molecule has 0 spiro atoms. The predicted molar refractivity (Wildman–Crippen MR) is 78.4 cm³/mol. The molecule has 110 valence electrons. The van der Waals surface area contributed by atoms with Crippen molar-refractivity contribution in [1.82, 2.24) is 9.29 Å². The van der Waals surface area contributed by atoms with Crippen molar-refractivity contribution in [3.8, 4) is 5.75 Å². The quantitative estimate of drug-likeness (QED) is 0.871. The maximum atomic E-state index is 12.8. The Kier molecular flexibility index (Phi) is 3.43. The number of hydrogen-bond donors (Lipinski definition) is 0. The Hall–Kier alpha value is -1.92. The first-order valence-electron chi connectivity index (χ1n) is 6.60. The fourth-order valence-electron chi connectivity index (χ4n) is 2.46. The Morgan fingerprint density at radius 1 is 1.24 bits per heavy atom. The van der Waals surface area contributed by atoms with Gasteiger partial charge >= 0.3 is 0 Å². The number of ether oxygens (including phenoxy) is 1. The number of pyridine rings is 1. The van der Waals surface area contributed by atoms with E-state index in [1.54, 1.807) is 31.3 Å². The molecule has 0 fully saturated rings. The first-order valence-corrected chi connectivity index (χ1v) is 8.04. The van der Waals surface area contributed by atoms with Crippen molar-refractivity contribution in [2.24, 2.45) is 0 Å². The van der Waals surface area contributed by atoms with Crippen LogP contribution in [0.3, 0.4) is 0 Å². The van der Waals surface area contributed by atoms with Gasteiger partial charge in [0.25, 0.3) is 0 Å². The summed E-state index contributed by atoms with van der Waals surface area (Å²) in [6.45, 7) is 2.46. The first-order chi connectivity index (χ1) is 10.0. The predicted octanol–water partition coefficient (Wildman–Crippen LogP) is 2.10. The second-order valence-electron chi connectivity index (χ2n) is 5.01. The van der Waals surface area contributed by atoms with Crippen molar-refractivity contribution >= 4 is 10.0 Å². The molecule has 0 saturated heterocycles. The van der Waals surface area contributed by atoms with Gasteiger partial charge in [-0.25, -0.2) is 8.42 Å². The summed E-state index contributed by atoms with van der Waals surface area (Å²) < 4.78 is 32.3. The van der Waals surface area contributed by atoms with Crippen LogP contribution >= 0.6 is 0 Å². The summed E-state index contributed by atoms with van der Waals surface area (Å²) in [4.78, 5) is 4.53. The lowest BCUT2D eigenvalue weighted by Crippen LogP contribution is -2.26. The summed E-state index contributed by atoms with van der Waals surface area (Å²) in [5.41, 5.74) is 2.49. The Balaban J connectivity index is 2.00. The van der Waals surface area contributed by atoms with Gasteiger partial charge in [0.1, 0.15) is 5.75 Å². The van der Waals surface area contributed by atoms with E-state index in [0.29, 0.717) is 24.4 Å². The van der Waals surface area contributed by atoms with E-state index in [9.17, 15) is 8.42 Å². The SMILES string of the molecule is COc1ccc(C)c(S(=O)(=O)N2Cc3cccnc3C2)c1. The van der Waals surface area contributed by atoms with E-state index in [1.807, 2.05) is 12.1 Å². The van der Waals surface area contributed by atoms with Crippen molar-refractivity contribution in [1.29, 1.82) is 0 Å². The number of methoxy groups -OCH3 is 1. The number of nitrogens with zero attached hydrogens (tertiary/aromatic N) is 2. The zero-order chi connectivity index (χ0) is 15.0. The minimum Gasteiger partial charge on any atom is -0.497 e. The fraction of sp³-hybridized carbons (Fsp3) is 0.267. The van der Waals surface area contributed by atoms with Gasteiger partial charge < -0.3 is 4.74 Å². The van der Waals surface area contributed by atoms with Gasteiger partial charge in [0.15, 0.2) is 0 Å². The fourth-order valence-corrected chi connectivity index (χ4v) is 4.08. The van der Waals surface area contributed by atoms with Gasteiger partial charge in [-0.15, -0.1) is 0 Å². The van der Waals surface area contributed by atoms with E-state index in [2.05, 4.69) is 4.98 Å². The second-order valence-corrected chi connectivity index (χ2v) is 6.92. The third-order valence-electron chi connectivity index (χ3n) is 3.67. The summed E-state index contributed by atoms with van der Waals surface area (Å²) >= 11 is 0. The molecule has 5 nitrogen and oxygen atoms in total. The number of sulfonamides is 1. The third kappa shape index (κ3) is 2.41. The summed E-state index contributed by atoms with van der Waals surface area (Å²) in [6.07, 6.45) is 1.69. The molecule has 0 radical (unpaired) electrons. The molecule has 0 bridgehead atoms. The van der Waals surface area contributed by atoms with Crippen LogP contribution in [0.25, 0.3) is 0 Å². The van der Waals surface area contributed by atoms with Crippen molar-refractivity contribution < 1.29 is 13.2 Å². The monoisotopic (exact) mass is 304 g/mol. The van der Waals surface area contributed by atoms with Gasteiger partial charge in [0, 0.05) is 18.8 Å². The van der Waals surface area contributed by atoms with Gasteiger partial charge in [-0.2, -0.15) is 4.31 Å². The summed E-state index contributed by atoms with van der Waals surface area (Å²) in [5, 5.41) is 0. The van der Waals surface area contributed by atoms with E-state index in [4.69, 9.17) is 4.74 Å². The molecule has 0 aliphatic carbocycles. The van der Waals surface area contributed by atoms with Crippen LogP contribution in [0.2, 0.25) is 0 Å². The highest BCUT2D eigenvalue weighted by molar-refractivity contribution is 7.89. The van der Waals surface area contributed by atoms with Gasteiger partial charge in [-0.1, -0.05) is 12.1 Å². The minimum atomic E-state index is -3.56. The molecule has 0 amide bonds. The van der Waals surface area contributed by atoms with Crippen LogP contribution < -0.4 is 4.74 Å². The normalized spacial score (nSPS) is 15.0. The number of rotatable bonds is 3. The molecule has 1 aliphatic heterocycles. The lowest BCUT2D eigenvalue weighted by atomic mass is 10.2. The minimum absolute atomic E-state index is 0.287. The molecule has 0 unspecified atom stereocenters. The molecule has 6 heteroatoms. The largest absolute Gasteiger partial charge is 0.497 e. The van der Waals surface area contributed by atoms with Crippen molar-refractivity contribution in [2.75, 3.05) is 7.11 Å². The van der Waals surface area contributed by atoms with Crippen LogP contribution in [0.1, 0.15) is 16.8 Å². The van der Waals surface area contributed by atoms with Crippen LogP contribution in [0, 0.1) is 6.92 Å². The molecule has 2 heterocycles. The molecule has 0 atom stereocenters. The molecule has 1 aromatic heterocycles. The average molecular weight is 304 g/mol. The molecule has 2 aromatic rings. The first kappa shape index (κ1) is 14.0. The van der Waals surface area contributed by atoms with Crippen LogP contribution in [-0.2, 0) is 23.1 Å². The average Bonchev–Trinajstić information content (AvgIpc) is 2.92. The van der Waals surface area contributed by atoms with Crippen LogP contribution in [0.15, 0.2) is 41.4 Å². The maximum Gasteiger partial charge on any atom is 0.244 e. The van der Waals surface area contributed by atoms with E-state index >= 15 is 0 Å². The Bertz CT molecular complexity index is 762. The van der Waals surface area contributed by atoms with E-state index in [-0.39, 0.29) is 4.90 Å². The standard InChI is InChI=1S/C15H16N2O3S/c1-11-5-6-13(20-2)8-15(11)21(18,19)17-9-12-4-3-7-16-14(12)10-17/h3-8H,9-10H2,1-2H3. The van der Waals surface area contributed by atoms with Gasteiger partial charge in [-0.3, -0.25) is 4.98 Å². The van der Waals surface area contributed by atoms with E-state index in [0.717, 1.165) is 11.3 Å². The third-order valence-corrected chi connectivity index (χ3v) is 5.60. The molecular formula is C15H16N2O3S. The van der Waals surface area contributed by atoms with Crippen LogP contribution in [0.4, 0.5) is 0 Å². The van der Waals surface area contributed by atoms with Crippen molar-refractivity contribution in [2.45, 2.75) is 24.9 Å². The number of aromatic nitrogens is 1. The van der Waals surface area contributed by atoms with Crippen LogP contribution in [0.5, 0.6) is 5.75 Å². The summed E-state index contributed by atoms with van der Waals surface area (Å²) in [5.74, 6) is 0.536. The highest BCUT2D eigenvalue weighted by Gasteiger charge is 2.32. The molecule has 3 rings (SSSR count). The Morgan fingerprint density at radius 3 is 2.76 bits per heavy atom. The number of aryl methyl sites for hydroxylation is 1. The Morgan fingerprint density at radius 2 is 2.05 bits per heavy atom. The second kappa shape index (κ2) is 5.13. The summed E-state index contributed by atoms with van der Waals surface area (Å²) in [6, 6.07) is 8.82. The van der Waals surface area contributed by atoms with Gasteiger partial charge in [0.2, 0.25) is 10.0 Å². The summed E-state index contributed by atoms with van der Waals surface area (Å²) in [7, 11) is -2.03. The highest BCUT2D eigenvalue weighted by Crippen LogP contribution is 2.30. The lowest BCUT2D eigenvalue weighted by molar-refractivity contribution is 0.410. The van der Waals surface area contributed by atoms with Crippen molar-refractivity contribution in [3.05, 3.63) is 53.3 Å². The van der Waals surface area contributed by atoms with E-state index in [1.165, 1.54) is 11.4 Å². The Labute approximate surface area is 124 Å². The zero-order valence-electron chi connectivity index (χ0n) is 11.9. The number of hydrogen-bond acceptors (Lipinski definition) is 4. The molecule has 0 N–H and O–H groups in total. The lowest BCUT2D eigenvalue weighted by Gasteiger charge is -2.17. The van der Waals surface area contributed by atoms with Gasteiger partial charge in [0.05, 0.1) is 24.2 Å². The zero-order valence-corrected chi connectivity index (χ0v) is 12.7. The maximum absolute atomic E-state index is 12.8.